The average Bonchev–Trinajstić information content (AvgIpc) is 3.01. The van der Waals surface area contributed by atoms with E-state index in [1.807, 2.05) is 54.6 Å². The van der Waals surface area contributed by atoms with Gasteiger partial charge in [0.15, 0.2) is 6.10 Å². The molecule has 2 aromatic carbocycles. The minimum atomic E-state index is -0.475. The molecule has 4 rings (SSSR count). The number of hydrogen-bond acceptors (Lipinski definition) is 2. The number of ketones is 1. The van der Waals surface area contributed by atoms with Crippen LogP contribution in [-0.4, -0.2) is 11.9 Å². The predicted octanol–water partition coefficient (Wildman–Crippen LogP) is 3.24. The van der Waals surface area contributed by atoms with Gasteiger partial charge in [0.1, 0.15) is 5.75 Å². The molecule has 0 aromatic heterocycles. The minimum Gasteiger partial charge on any atom is -0.480 e. The SMILES string of the molecule is O=C1c2ccccc2OC1C1[C]=Cc2ccccc21. The highest BCUT2D eigenvalue weighted by molar-refractivity contribution is 6.05. The molecule has 0 N–H and O–H groups in total. The summed E-state index contributed by atoms with van der Waals surface area (Å²) < 4.78 is 5.83. The summed E-state index contributed by atoms with van der Waals surface area (Å²) in [6, 6.07) is 15.5. The van der Waals surface area contributed by atoms with Crippen LogP contribution in [0.2, 0.25) is 0 Å². The quantitative estimate of drug-likeness (QED) is 0.773. The Labute approximate surface area is 111 Å². The van der Waals surface area contributed by atoms with Crippen LogP contribution in [0.3, 0.4) is 0 Å². The fourth-order valence-electron chi connectivity index (χ4n) is 2.78. The number of hydrogen-bond donors (Lipinski definition) is 0. The summed E-state index contributed by atoms with van der Waals surface area (Å²) in [7, 11) is 0. The van der Waals surface area contributed by atoms with Gasteiger partial charge >= 0.3 is 0 Å². The van der Waals surface area contributed by atoms with Gasteiger partial charge in [-0.1, -0.05) is 42.5 Å². The third kappa shape index (κ3) is 1.46. The third-order valence-corrected chi connectivity index (χ3v) is 3.72. The van der Waals surface area contributed by atoms with Crippen LogP contribution in [0.4, 0.5) is 0 Å². The Balaban J connectivity index is 1.74. The van der Waals surface area contributed by atoms with Crippen LogP contribution >= 0.6 is 0 Å². The van der Waals surface area contributed by atoms with Crippen molar-refractivity contribution in [3.05, 3.63) is 71.3 Å². The summed E-state index contributed by atoms with van der Waals surface area (Å²) in [6.07, 6.45) is 4.73. The van der Waals surface area contributed by atoms with Crippen LogP contribution in [0.25, 0.3) is 6.08 Å². The molecular formula is C17H11O2. The molecule has 0 fully saturated rings. The normalized spacial score (nSPS) is 23.1. The molecule has 2 heteroatoms. The number of carbonyl (C=O) groups excluding carboxylic acids is 1. The fraction of sp³-hybridized carbons (Fsp3) is 0.118. The minimum absolute atomic E-state index is 0.0539. The first-order valence-electron chi connectivity index (χ1n) is 6.33. The van der Waals surface area contributed by atoms with E-state index in [-0.39, 0.29) is 11.7 Å². The topological polar surface area (TPSA) is 26.3 Å². The molecule has 0 spiro atoms. The van der Waals surface area contributed by atoms with E-state index in [9.17, 15) is 4.79 Å². The van der Waals surface area contributed by atoms with Crippen LogP contribution in [-0.2, 0) is 0 Å². The number of fused-ring (bicyclic) bond motifs is 2. The van der Waals surface area contributed by atoms with Gasteiger partial charge in [-0.3, -0.25) is 4.79 Å². The van der Waals surface area contributed by atoms with E-state index in [0.717, 1.165) is 11.1 Å². The summed E-state index contributed by atoms with van der Waals surface area (Å²) >= 11 is 0. The van der Waals surface area contributed by atoms with Crippen LogP contribution in [0.5, 0.6) is 5.75 Å². The van der Waals surface area contributed by atoms with E-state index in [1.165, 1.54) is 0 Å². The molecule has 2 nitrogen and oxygen atoms in total. The molecule has 1 aliphatic carbocycles. The Hall–Kier alpha value is -2.35. The zero-order valence-electron chi connectivity index (χ0n) is 10.2. The van der Waals surface area contributed by atoms with Crippen molar-refractivity contribution in [2.24, 2.45) is 0 Å². The first-order chi connectivity index (χ1) is 9.34. The van der Waals surface area contributed by atoms with Crippen molar-refractivity contribution in [3.63, 3.8) is 0 Å². The highest BCUT2D eigenvalue weighted by Crippen LogP contribution is 2.39. The van der Waals surface area contributed by atoms with Crippen molar-refractivity contribution < 1.29 is 9.53 Å². The maximum absolute atomic E-state index is 12.4. The van der Waals surface area contributed by atoms with Gasteiger partial charge in [-0.2, -0.15) is 0 Å². The van der Waals surface area contributed by atoms with E-state index < -0.39 is 6.10 Å². The smallest absolute Gasteiger partial charge is 0.208 e. The molecule has 0 bridgehead atoms. The Morgan fingerprint density at radius 3 is 2.68 bits per heavy atom. The summed E-state index contributed by atoms with van der Waals surface area (Å²) in [5, 5.41) is 0. The van der Waals surface area contributed by atoms with E-state index in [2.05, 4.69) is 6.08 Å². The van der Waals surface area contributed by atoms with E-state index in [1.54, 1.807) is 0 Å². The first-order valence-corrected chi connectivity index (χ1v) is 6.33. The maximum Gasteiger partial charge on any atom is 0.208 e. The Bertz CT molecular complexity index is 700. The zero-order valence-corrected chi connectivity index (χ0v) is 10.2. The van der Waals surface area contributed by atoms with Crippen LogP contribution in [0, 0.1) is 6.08 Å². The summed E-state index contributed by atoms with van der Waals surface area (Å²) in [6.45, 7) is 0. The van der Waals surface area contributed by atoms with Gasteiger partial charge in [0.25, 0.3) is 0 Å². The number of carbonyl (C=O) groups is 1. The molecule has 19 heavy (non-hydrogen) atoms. The highest BCUT2D eigenvalue weighted by atomic mass is 16.5. The maximum atomic E-state index is 12.4. The summed E-state index contributed by atoms with van der Waals surface area (Å²) in [4.78, 5) is 12.4. The van der Waals surface area contributed by atoms with Gasteiger partial charge in [-0.25, -0.2) is 0 Å². The summed E-state index contributed by atoms with van der Waals surface area (Å²) in [5.41, 5.74) is 2.92. The van der Waals surface area contributed by atoms with E-state index in [0.29, 0.717) is 11.3 Å². The lowest BCUT2D eigenvalue weighted by Gasteiger charge is -2.16. The standard InChI is InChI=1S/C17H11O2/c18-16-14-7-3-4-8-15(14)19-17(16)13-10-9-11-5-1-2-6-12(11)13/h1-9,13,17H. The van der Waals surface area contributed by atoms with Crippen LogP contribution in [0.15, 0.2) is 48.5 Å². The fourth-order valence-corrected chi connectivity index (χ4v) is 2.78. The monoisotopic (exact) mass is 247 g/mol. The second-order valence-electron chi connectivity index (χ2n) is 4.82. The van der Waals surface area contributed by atoms with E-state index >= 15 is 0 Å². The summed E-state index contributed by atoms with van der Waals surface area (Å²) in [5.74, 6) is 0.637. The van der Waals surface area contributed by atoms with Crippen molar-refractivity contribution in [2.45, 2.75) is 12.0 Å². The number of para-hydroxylation sites is 1. The average molecular weight is 247 g/mol. The van der Waals surface area contributed by atoms with Gasteiger partial charge in [-0.15, -0.1) is 0 Å². The molecule has 1 aliphatic heterocycles. The van der Waals surface area contributed by atoms with Crippen LogP contribution in [0.1, 0.15) is 27.4 Å². The Morgan fingerprint density at radius 2 is 1.79 bits per heavy atom. The first kappa shape index (κ1) is 10.6. The highest BCUT2D eigenvalue weighted by Gasteiger charge is 2.39. The Kier molecular flexibility index (Phi) is 2.12. The van der Waals surface area contributed by atoms with Crippen molar-refractivity contribution in [3.8, 4) is 5.75 Å². The lowest BCUT2D eigenvalue weighted by Crippen LogP contribution is -2.27. The molecule has 0 saturated heterocycles. The number of Topliss-reactive ketones (excluding diaryl/α,β-unsaturated/α-hetero) is 1. The van der Waals surface area contributed by atoms with Gasteiger partial charge < -0.3 is 4.74 Å². The van der Waals surface area contributed by atoms with Gasteiger partial charge in [0.2, 0.25) is 5.78 Å². The third-order valence-electron chi connectivity index (χ3n) is 3.72. The zero-order chi connectivity index (χ0) is 12.8. The van der Waals surface area contributed by atoms with Crippen molar-refractivity contribution in [2.75, 3.05) is 0 Å². The number of benzene rings is 2. The molecule has 2 aromatic rings. The molecule has 0 amide bonds. The Morgan fingerprint density at radius 1 is 1.00 bits per heavy atom. The number of ether oxygens (including phenoxy) is 1. The molecule has 2 aliphatic rings. The van der Waals surface area contributed by atoms with Crippen molar-refractivity contribution in [1.29, 1.82) is 0 Å². The van der Waals surface area contributed by atoms with Crippen molar-refractivity contribution in [1.82, 2.24) is 0 Å². The lowest BCUT2D eigenvalue weighted by molar-refractivity contribution is 0.0838. The largest absolute Gasteiger partial charge is 0.480 e. The molecule has 0 saturated carbocycles. The van der Waals surface area contributed by atoms with Crippen LogP contribution < -0.4 is 4.74 Å². The molecule has 91 valence electrons. The van der Waals surface area contributed by atoms with E-state index in [4.69, 9.17) is 4.74 Å². The second-order valence-corrected chi connectivity index (χ2v) is 4.82. The van der Waals surface area contributed by atoms with Gasteiger partial charge in [0, 0.05) is 0 Å². The molecule has 1 heterocycles. The molecule has 2 atom stereocenters. The predicted molar refractivity (Wildman–Crippen MR) is 72.1 cm³/mol. The lowest BCUT2D eigenvalue weighted by atomic mass is 9.92. The molecule has 2 unspecified atom stereocenters. The number of rotatable bonds is 1. The molecular weight excluding hydrogens is 236 g/mol. The van der Waals surface area contributed by atoms with Gasteiger partial charge in [-0.05, 0) is 29.3 Å². The van der Waals surface area contributed by atoms with Crippen molar-refractivity contribution >= 4 is 11.9 Å². The molecule has 1 radical (unpaired) electrons. The van der Waals surface area contributed by atoms with Gasteiger partial charge in [0.05, 0.1) is 11.5 Å². The second kappa shape index (κ2) is 3.82.